The Kier molecular flexibility index (Phi) is 2.19. The van der Waals surface area contributed by atoms with E-state index >= 15 is 0 Å². The second kappa shape index (κ2) is 3.36. The third-order valence-corrected chi connectivity index (χ3v) is 2.50. The van der Waals surface area contributed by atoms with E-state index in [0.29, 0.717) is 13.1 Å². The highest BCUT2D eigenvalue weighted by Gasteiger charge is 2.30. The molecule has 14 heavy (non-hydrogen) atoms. The van der Waals surface area contributed by atoms with Crippen molar-refractivity contribution in [2.75, 3.05) is 13.1 Å². The number of carbonyl (C=O) groups excluding carboxylic acids is 1. The number of aromatic nitrogens is 1. The van der Waals surface area contributed by atoms with Crippen LogP contribution < -0.4 is 0 Å². The second-order valence-corrected chi connectivity index (χ2v) is 3.52. The number of hydrogen-bond donors (Lipinski definition) is 0. The number of carbonyl (C=O) groups is 1. The Morgan fingerprint density at radius 3 is 2.79 bits per heavy atom. The molecule has 3 nitrogen and oxygen atoms in total. The van der Waals surface area contributed by atoms with Crippen LogP contribution in [0.1, 0.15) is 18.5 Å². The second-order valence-electron chi connectivity index (χ2n) is 3.52. The summed E-state index contributed by atoms with van der Waals surface area (Å²) in [4.78, 5) is 16.6. The van der Waals surface area contributed by atoms with E-state index in [9.17, 15) is 9.18 Å². The van der Waals surface area contributed by atoms with E-state index < -0.39 is 0 Å². The predicted octanol–water partition coefficient (Wildman–Crippen LogP) is 1.17. The van der Waals surface area contributed by atoms with Crippen LogP contribution in [0.2, 0.25) is 0 Å². The summed E-state index contributed by atoms with van der Waals surface area (Å²) < 4.78 is 12.5. The van der Waals surface area contributed by atoms with Crippen molar-refractivity contribution in [1.82, 2.24) is 9.88 Å². The summed E-state index contributed by atoms with van der Waals surface area (Å²) in [5, 5.41) is 0. The fraction of sp³-hybridized carbons (Fsp3) is 0.400. The Morgan fingerprint density at radius 2 is 2.29 bits per heavy atom. The molecule has 0 N–H and O–H groups in total. The van der Waals surface area contributed by atoms with Crippen LogP contribution in [0, 0.1) is 5.82 Å². The van der Waals surface area contributed by atoms with Crippen molar-refractivity contribution in [3.05, 3.63) is 29.8 Å². The lowest BCUT2D eigenvalue weighted by Crippen LogP contribution is -2.47. The van der Waals surface area contributed by atoms with Gasteiger partial charge in [-0.25, -0.2) is 4.39 Å². The molecular formula is C10H11FN2O. The Bertz CT molecular complexity index is 344. The van der Waals surface area contributed by atoms with Gasteiger partial charge in [-0.3, -0.25) is 9.78 Å². The molecule has 4 heteroatoms. The largest absolute Gasteiger partial charge is 0.341 e. The molecule has 1 amide bonds. The van der Waals surface area contributed by atoms with Gasteiger partial charge in [0.25, 0.3) is 0 Å². The smallest absolute Gasteiger partial charge is 0.219 e. The van der Waals surface area contributed by atoms with E-state index in [-0.39, 0.29) is 17.6 Å². The molecule has 0 aliphatic carbocycles. The average molecular weight is 194 g/mol. The van der Waals surface area contributed by atoms with E-state index in [1.807, 2.05) is 0 Å². The molecule has 0 radical (unpaired) electrons. The number of amides is 1. The Labute approximate surface area is 81.6 Å². The van der Waals surface area contributed by atoms with Gasteiger partial charge in [0.05, 0.1) is 6.20 Å². The Hall–Kier alpha value is -1.45. The van der Waals surface area contributed by atoms with Crippen molar-refractivity contribution in [3.63, 3.8) is 0 Å². The van der Waals surface area contributed by atoms with Gasteiger partial charge in [-0.2, -0.15) is 0 Å². The zero-order chi connectivity index (χ0) is 10.1. The Balaban J connectivity index is 2.00. The number of rotatable bonds is 1. The number of likely N-dealkylation sites (tertiary alicyclic amines) is 1. The summed E-state index contributed by atoms with van der Waals surface area (Å²) >= 11 is 0. The number of hydrogen-bond acceptors (Lipinski definition) is 2. The maximum absolute atomic E-state index is 12.5. The van der Waals surface area contributed by atoms with E-state index in [0.717, 1.165) is 5.69 Å². The molecule has 2 rings (SSSR count). The van der Waals surface area contributed by atoms with Crippen LogP contribution in [0.4, 0.5) is 4.39 Å². The van der Waals surface area contributed by atoms with Crippen LogP contribution in [-0.2, 0) is 4.79 Å². The molecule has 0 bridgehead atoms. The average Bonchev–Trinajstić information content (AvgIpc) is 2.05. The van der Waals surface area contributed by atoms with Crippen LogP contribution in [0.3, 0.4) is 0 Å². The van der Waals surface area contributed by atoms with Gasteiger partial charge in [0.15, 0.2) is 0 Å². The zero-order valence-corrected chi connectivity index (χ0v) is 7.90. The minimum atomic E-state index is -0.323. The molecule has 1 aromatic rings. The lowest BCUT2D eigenvalue weighted by molar-refractivity contribution is -0.133. The lowest BCUT2D eigenvalue weighted by atomic mass is 9.96. The highest BCUT2D eigenvalue weighted by Crippen LogP contribution is 2.25. The first-order chi connectivity index (χ1) is 6.66. The SMILES string of the molecule is CC(=O)N1CC(c2ccc(F)cn2)C1. The first-order valence-electron chi connectivity index (χ1n) is 4.54. The lowest BCUT2D eigenvalue weighted by Gasteiger charge is -2.38. The molecule has 0 spiro atoms. The molecule has 0 atom stereocenters. The van der Waals surface area contributed by atoms with Crippen LogP contribution >= 0.6 is 0 Å². The first kappa shape index (κ1) is 9.12. The fourth-order valence-corrected chi connectivity index (χ4v) is 1.55. The molecule has 1 saturated heterocycles. The van der Waals surface area contributed by atoms with Crippen LogP contribution in [0.15, 0.2) is 18.3 Å². The number of nitrogens with zero attached hydrogens (tertiary/aromatic N) is 2. The van der Waals surface area contributed by atoms with Gasteiger partial charge in [0.2, 0.25) is 5.91 Å². The van der Waals surface area contributed by atoms with Crippen LogP contribution in [0.25, 0.3) is 0 Å². The van der Waals surface area contributed by atoms with Crippen LogP contribution in [0.5, 0.6) is 0 Å². The first-order valence-corrected chi connectivity index (χ1v) is 4.54. The summed E-state index contributed by atoms with van der Waals surface area (Å²) in [6.07, 6.45) is 1.21. The van der Waals surface area contributed by atoms with E-state index in [4.69, 9.17) is 0 Å². The number of halogens is 1. The summed E-state index contributed by atoms with van der Waals surface area (Å²) in [7, 11) is 0. The molecule has 1 aromatic heterocycles. The minimum Gasteiger partial charge on any atom is -0.341 e. The Morgan fingerprint density at radius 1 is 1.57 bits per heavy atom. The molecule has 0 aromatic carbocycles. The van der Waals surface area contributed by atoms with Gasteiger partial charge in [-0.15, -0.1) is 0 Å². The van der Waals surface area contributed by atoms with Crippen LogP contribution in [-0.4, -0.2) is 28.9 Å². The molecule has 1 fully saturated rings. The molecule has 74 valence electrons. The molecular weight excluding hydrogens is 183 g/mol. The highest BCUT2D eigenvalue weighted by atomic mass is 19.1. The number of pyridine rings is 1. The third kappa shape index (κ3) is 1.60. The summed E-state index contributed by atoms with van der Waals surface area (Å²) in [5.41, 5.74) is 0.865. The molecule has 1 aliphatic heterocycles. The van der Waals surface area contributed by atoms with Gasteiger partial charge >= 0.3 is 0 Å². The maximum atomic E-state index is 12.5. The molecule has 0 unspecified atom stereocenters. The molecule has 1 aliphatic rings. The van der Waals surface area contributed by atoms with Crippen molar-refractivity contribution >= 4 is 5.91 Å². The third-order valence-electron chi connectivity index (χ3n) is 2.50. The highest BCUT2D eigenvalue weighted by molar-refractivity contribution is 5.74. The van der Waals surface area contributed by atoms with Crippen molar-refractivity contribution in [1.29, 1.82) is 0 Å². The van der Waals surface area contributed by atoms with Gasteiger partial charge in [-0.05, 0) is 12.1 Å². The monoisotopic (exact) mass is 194 g/mol. The van der Waals surface area contributed by atoms with Crippen molar-refractivity contribution < 1.29 is 9.18 Å². The summed E-state index contributed by atoms with van der Waals surface area (Å²) in [6, 6.07) is 3.08. The van der Waals surface area contributed by atoms with Gasteiger partial charge in [0, 0.05) is 31.6 Å². The van der Waals surface area contributed by atoms with E-state index in [1.165, 1.54) is 12.3 Å². The predicted molar refractivity (Wildman–Crippen MR) is 49.2 cm³/mol. The zero-order valence-electron chi connectivity index (χ0n) is 7.90. The fourth-order valence-electron chi connectivity index (χ4n) is 1.55. The van der Waals surface area contributed by atoms with Gasteiger partial charge in [-0.1, -0.05) is 0 Å². The molecule has 0 saturated carbocycles. The van der Waals surface area contributed by atoms with Crippen molar-refractivity contribution in [3.8, 4) is 0 Å². The standard InChI is InChI=1S/C10H11FN2O/c1-7(14)13-5-8(6-13)10-3-2-9(11)4-12-10/h2-4,8H,5-6H2,1H3. The van der Waals surface area contributed by atoms with Gasteiger partial charge in [0.1, 0.15) is 5.82 Å². The summed E-state index contributed by atoms with van der Waals surface area (Å²) in [5.74, 6) is 0.0411. The van der Waals surface area contributed by atoms with E-state index in [1.54, 1.807) is 17.9 Å². The van der Waals surface area contributed by atoms with Crippen molar-refractivity contribution in [2.45, 2.75) is 12.8 Å². The summed E-state index contributed by atoms with van der Waals surface area (Å²) in [6.45, 7) is 2.95. The topological polar surface area (TPSA) is 33.2 Å². The van der Waals surface area contributed by atoms with E-state index in [2.05, 4.69) is 4.98 Å². The maximum Gasteiger partial charge on any atom is 0.219 e. The normalized spacial score (nSPS) is 16.6. The van der Waals surface area contributed by atoms with Gasteiger partial charge < -0.3 is 4.90 Å². The van der Waals surface area contributed by atoms with Crippen molar-refractivity contribution in [2.24, 2.45) is 0 Å². The molecule has 2 heterocycles. The quantitative estimate of drug-likeness (QED) is 0.672. The minimum absolute atomic E-state index is 0.0864.